The maximum atomic E-state index is 8.69. The molecule has 1 unspecified atom stereocenters. The highest BCUT2D eigenvalue weighted by Crippen LogP contribution is 2.38. The zero-order chi connectivity index (χ0) is 12.5. The Bertz CT molecular complexity index is 594. The molecular formula is C12H11N5O. The lowest BCUT2D eigenvalue weighted by Gasteiger charge is -2.01. The van der Waals surface area contributed by atoms with Crippen LogP contribution in [0, 0.1) is 17.2 Å². The molecule has 0 aliphatic heterocycles. The summed E-state index contributed by atoms with van der Waals surface area (Å²) < 4.78 is 5.14. The monoisotopic (exact) mass is 241 g/mol. The summed E-state index contributed by atoms with van der Waals surface area (Å²) in [6.45, 7) is 0. The highest BCUT2D eigenvalue weighted by atomic mass is 16.5. The predicted octanol–water partition coefficient (Wildman–Crippen LogP) is 1.41. The van der Waals surface area contributed by atoms with Gasteiger partial charge in [0, 0.05) is 6.20 Å². The molecule has 1 atom stereocenters. The molecule has 6 heteroatoms. The van der Waals surface area contributed by atoms with Crippen molar-refractivity contribution >= 4 is 0 Å². The van der Waals surface area contributed by atoms with Crippen LogP contribution in [0.2, 0.25) is 0 Å². The van der Waals surface area contributed by atoms with Gasteiger partial charge in [-0.3, -0.25) is 0 Å². The largest absolute Gasteiger partial charge is 0.332 e. The van der Waals surface area contributed by atoms with Gasteiger partial charge in [-0.15, -0.1) is 0 Å². The third kappa shape index (κ3) is 1.96. The highest BCUT2D eigenvalue weighted by molar-refractivity contribution is 5.47. The lowest BCUT2D eigenvalue weighted by atomic mass is 10.2. The molecule has 0 radical (unpaired) electrons. The normalized spacial score (nSPS) is 16.2. The first kappa shape index (κ1) is 10.9. The van der Waals surface area contributed by atoms with E-state index in [1.165, 1.54) is 6.20 Å². The van der Waals surface area contributed by atoms with Gasteiger partial charge in [0.1, 0.15) is 11.8 Å². The second-order valence-electron chi connectivity index (χ2n) is 4.36. The third-order valence-electron chi connectivity index (χ3n) is 2.98. The van der Waals surface area contributed by atoms with Crippen LogP contribution in [0.3, 0.4) is 0 Å². The van der Waals surface area contributed by atoms with E-state index in [0.29, 0.717) is 28.9 Å². The molecule has 0 saturated heterocycles. The Labute approximate surface area is 103 Å². The summed E-state index contributed by atoms with van der Waals surface area (Å²) in [6.07, 6.45) is 3.72. The summed E-state index contributed by atoms with van der Waals surface area (Å²) in [5.74, 6) is 1.34. The van der Waals surface area contributed by atoms with Crippen molar-refractivity contribution in [3.63, 3.8) is 0 Å². The number of pyridine rings is 1. The standard InChI is InChI=1S/C12H11N5O/c13-5-7-1-4-9(15-6-7)12-16-11(17-18-12)10(14)8-2-3-8/h1,4,6,8,10H,2-3,14H2. The van der Waals surface area contributed by atoms with Crippen LogP contribution >= 0.6 is 0 Å². The molecule has 0 aromatic carbocycles. The summed E-state index contributed by atoms with van der Waals surface area (Å²) in [5, 5.41) is 12.6. The van der Waals surface area contributed by atoms with Crippen LogP contribution < -0.4 is 5.73 Å². The van der Waals surface area contributed by atoms with E-state index in [4.69, 9.17) is 15.5 Å². The highest BCUT2D eigenvalue weighted by Gasteiger charge is 2.32. The number of nitrogens with two attached hydrogens (primary N) is 1. The number of nitriles is 1. The third-order valence-corrected chi connectivity index (χ3v) is 2.98. The fraction of sp³-hybridized carbons (Fsp3) is 0.333. The van der Waals surface area contributed by atoms with Gasteiger partial charge in [-0.2, -0.15) is 10.2 Å². The smallest absolute Gasteiger partial charge is 0.276 e. The lowest BCUT2D eigenvalue weighted by Crippen LogP contribution is -2.13. The van der Waals surface area contributed by atoms with Gasteiger partial charge in [-0.05, 0) is 30.9 Å². The Hall–Kier alpha value is -2.26. The van der Waals surface area contributed by atoms with Crippen molar-refractivity contribution in [2.45, 2.75) is 18.9 Å². The van der Waals surface area contributed by atoms with Crippen molar-refractivity contribution in [3.05, 3.63) is 29.7 Å². The number of nitrogens with zero attached hydrogens (tertiary/aromatic N) is 4. The van der Waals surface area contributed by atoms with Gasteiger partial charge >= 0.3 is 0 Å². The first-order valence-corrected chi connectivity index (χ1v) is 5.73. The Balaban J connectivity index is 1.85. The Kier molecular flexibility index (Phi) is 2.54. The van der Waals surface area contributed by atoms with Crippen LogP contribution in [0.4, 0.5) is 0 Å². The molecule has 2 N–H and O–H groups in total. The maximum Gasteiger partial charge on any atom is 0.276 e. The minimum Gasteiger partial charge on any atom is -0.332 e. The van der Waals surface area contributed by atoms with Crippen molar-refractivity contribution in [3.8, 4) is 17.7 Å². The van der Waals surface area contributed by atoms with Gasteiger partial charge in [0.25, 0.3) is 5.89 Å². The Morgan fingerprint density at radius 1 is 1.44 bits per heavy atom. The van der Waals surface area contributed by atoms with Crippen molar-refractivity contribution in [1.82, 2.24) is 15.1 Å². The molecule has 2 aromatic rings. The van der Waals surface area contributed by atoms with E-state index in [2.05, 4.69) is 15.1 Å². The van der Waals surface area contributed by atoms with Crippen LogP contribution in [-0.2, 0) is 0 Å². The maximum absolute atomic E-state index is 8.69. The quantitative estimate of drug-likeness (QED) is 0.871. The average molecular weight is 241 g/mol. The molecule has 0 amide bonds. The van der Waals surface area contributed by atoms with Crippen LogP contribution in [0.1, 0.15) is 30.3 Å². The van der Waals surface area contributed by atoms with E-state index >= 15 is 0 Å². The van der Waals surface area contributed by atoms with Gasteiger partial charge in [0.05, 0.1) is 11.6 Å². The fourth-order valence-corrected chi connectivity index (χ4v) is 1.73. The van der Waals surface area contributed by atoms with Gasteiger partial charge in [-0.25, -0.2) is 4.98 Å². The molecule has 2 aromatic heterocycles. The molecule has 0 spiro atoms. The zero-order valence-electron chi connectivity index (χ0n) is 9.58. The van der Waals surface area contributed by atoms with E-state index < -0.39 is 0 Å². The van der Waals surface area contributed by atoms with Gasteiger partial charge in [-0.1, -0.05) is 5.16 Å². The number of rotatable bonds is 3. The topological polar surface area (TPSA) is 102 Å². The van der Waals surface area contributed by atoms with E-state index in [1.54, 1.807) is 12.1 Å². The first-order chi connectivity index (χ1) is 8.78. The van der Waals surface area contributed by atoms with Crippen molar-refractivity contribution in [2.75, 3.05) is 0 Å². The number of aromatic nitrogens is 3. The van der Waals surface area contributed by atoms with Crippen LogP contribution in [-0.4, -0.2) is 15.1 Å². The molecule has 2 heterocycles. The summed E-state index contributed by atoms with van der Waals surface area (Å²) in [4.78, 5) is 8.34. The zero-order valence-corrected chi connectivity index (χ0v) is 9.58. The molecule has 18 heavy (non-hydrogen) atoms. The summed E-state index contributed by atoms with van der Waals surface area (Å²) in [7, 11) is 0. The van der Waals surface area contributed by atoms with E-state index in [-0.39, 0.29) is 6.04 Å². The summed E-state index contributed by atoms with van der Waals surface area (Å²) >= 11 is 0. The molecule has 1 saturated carbocycles. The number of hydrogen-bond donors (Lipinski definition) is 1. The van der Waals surface area contributed by atoms with E-state index in [0.717, 1.165) is 12.8 Å². The lowest BCUT2D eigenvalue weighted by molar-refractivity contribution is 0.410. The number of hydrogen-bond acceptors (Lipinski definition) is 6. The SMILES string of the molecule is N#Cc1ccc(-c2nc(C(N)C3CC3)no2)nc1. The second kappa shape index (κ2) is 4.20. The van der Waals surface area contributed by atoms with Crippen molar-refractivity contribution < 1.29 is 4.52 Å². The summed E-state index contributed by atoms with van der Waals surface area (Å²) in [6, 6.07) is 5.19. The molecule has 1 aliphatic rings. The van der Waals surface area contributed by atoms with Gasteiger partial charge < -0.3 is 10.3 Å². The van der Waals surface area contributed by atoms with Crippen molar-refractivity contribution in [1.29, 1.82) is 5.26 Å². The fourth-order valence-electron chi connectivity index (χ4n) is 1.73. The molecule has 1 aliphatic carbocycles. The van der Waals surface area contributed by atoms with E-state index in [1.807, 2.05) is 6.07 Å². The minimum absolute atomic E-state index is 0.152. The molecule has 0 bridgehead atoms. The van der Waals surface area contributed by atoms with Gasteiger partial charge in [0.2, 0.25) is 0 Å². The first-order valence-electron chi connectivity index (χ1n) is 5.73. The van der Waals surface area contributed by atoms with Crippen molar-refractivity contribution in [2.24, 2.45) is 11.7 Å². The molecule has 6 nitrogen and oxygen atoms in total. The molecule has 90 valence electrons. The predicted molar refractivity (Wildman–Crippen MR) is 61.9 cm³/mol. The van der Waals surface area contributed by atoms with E-state index in [9.17, 15) is 0 Å². The minimum atomic E-state index is -0.152. The van der Waals surface area contributed by atoms with Crippen LogP contribution in [0.15, 0.2) is 22.9 Å². The molecule has 1 fully saturated rings. The van der Waals surface area contributed by atoms with Gasteiger partial charge in [0.15, 0.2) is 5.82 Å². The Morgan fingerprint density at radius 2 is 2.28 bits per heavy atom. The molecule has 3 rings (SSSR count). The Morgan fingerprint density at radius 3 is 2.89 bits per heavy atom. The second-order valence-corrected chi connectivity index (χ2v) is 4.36. The summed E-state index contributed by atoms with van der Waals surface area (Å²) in [5.41, 5.74) is 7.03. The molecular weight excluding hydrogens is 230 g/mol. The van der Waals surface area contributed by atoms with Crippen LogP contribution in [0.5, 0.6) is 0 Å². The van der Waals surface area contributed by atoms with Crippen LogP contribution in [0.25, 0.3) is 11.6 Å². The average Bonchev–Trinajstić information content (AvgIpc) is 3.15.